The largest absolute Gasteiger partial charge is 0.435 e. The molecule has 0 aliphatic rings. The van der Waals surface area contributed by atoms with E-state index in [2.05, 4.69) is 19.6 Å². The van der Waals surface area contributed by atoms with Crippen LogP contribution in [0.5, 0.6) is 0 Å². The number of alkyl halides is 3. The summed E-state index contributed by atoms with van der Waals surface area (Å²) in [6.45, 7) is 0. The lowest BCUT2D eigenvalue weighted by Crippen LogP contribution is -2.07. The molecule has 0 atom stereocenters. The van der Waals surface area contributed by atoms with Gasteiger partial charge in [-0.15, -0.1) is 0 Å². The number of aromatic nitrogens is 4. The summed E-state index contributed by atoms with van der Waals surface area (Å²) in [5, 5.41) is 5.23. The molecule has 2 aromatic rings. The Labute approximate surface area is 90.3 Å². The molecule has 15 heavy (non-hydrogen) atoms. The summed E-state index contributed by atoms with van der Waals surface area (Å²) < 4.78 is 41.0. The van der Waals surface area contributed by atoms with Crippen LogP contribution in [-0.4, -0.2) is 19.6 Å². The summed E-state index contributed by atoms with van der Waals surface area (Å²) >= 11 is 6.29. The maximum Gasteiger partial charge on any atom is 0.435 e. The lowest BCUT2D eigenvalue weighted by Gasteiger charge is -2.02. The molecule has 80 valence electrons. The van der Waals surface area contributed by atoms with Gasteiger partial charge in [-0.1, -0.05) is 0 Å². The molecule has 4 nitrogen and oxygen atoms in total. The Bertz CT molecular complexity index is 477. The molecule has 2 rings (SSSR count). The summed E-state index contributed by atoms with van der Waals surface area (Å²) in [6, 6.07) is 0. The molecule has 0 spiro atoms. The van der Waals surface area contributed by atoms with Gasteiger partial charge in [0.2, 0.25) is 4.47 Å². The number of rotatable bonds is 1. The van der Waals surface area contributed by atoms with E-state index in [0.717, 1.165) is 17.7 Å². The quantitative estimate of drug-likeness (QED) is 0.851. The van der Waals surface area contributed by atoms with Crippen molar-refractivity contribution >= 4 is 23.1 Å². The number of nitrogens with zero attached hydrogens (tertiary/aromatic N) is 3. The van der Waals surface area contributed by atoms with Crippen molar-refractivity contribution in [2.45, 2.75) is 6.18 Å². The van der Waals surface area contributed by atoms with E-state index in [9.17, 15) is 13.2 Å². The molecular weight excluding hydrogens is 253 g/mol. The molecule has 0 aliphatic carbocycles. The lowest BCUT2D eigenvalue weighted by molar-refractivity contribution is -0.140. The van der Waals surface area contributed by atoms with Crippen molar-refractivity contribution in [3.63, 3.8) is 0 Å². The number of aromatic amines is 1. The highest BCUT2D eigenvalue weighted by atomic mass is 35.5. The van der Waals surface area contributed by atoms with E-state index >= 15 is 0 Å². The minimum atomic E-state index is -4.53. The average Bonchev–Trinajstić information content (AvgIpc) is 2.68. The van der Waals surface area contributed by atoms with Crippen molar-refractivity contribution in [1.82, 2.24) is 19.6 Å². The van der Waals surface area contributed by atoms with E-state index in [1.54, 1.807) is 0 Å². The first kappa shape index (κ1) is 10.4. The Morgan fingerprint density at radius 1 is 1.40 bits per heavy atom. The van der Waals surface area contributed by atoms with Gasteiger partial charge >= 0.3 is 6.18 Å². The standard InChI is InChI=1S/C6H2ClF3N4S/c7-5-12-4(14-15-5)2-1-11-13-3(2)6(8,9)10/h1H,(H,11,13). The third kappa shape index (κ3) is 1.95. The van der Waals surface area contributed by atoms with Crippen LogP contribution in [0, 0.1) is 0 Å². The van der Waals surface area contributed by atoms with Gasteiger partial charge in [0.05, 0.1) is 5.56 Å². The van der Waals surface area contributed by atoms with Gasteiger partial charge in [-0.05, 0) is 23.1 Å². The minimum Gasteiger partial charge on any atom is -0.284 e. The number of nitrogens with one attached hydrogen (secondary N) is 1. The Morgan fingerprint density at radius 2 is 2.13 bits per heavy atom. The second kappa shape index (κ2) is 3.46. The summed E-state index contributed by atoms with van der Waals surface area (Å²) in [5.74, 6) is -0.0777. The van der Waals surface area contributed by atoms with Gasteiger partial charge in [0.25, 0.3) is 0 Å². The molecule has 0 bridgehead atoms. The van der Waals surface area contributed by atoms with Gasteiger partial charge in [-0.25, -0.2) is 4.98 Å². The Balaban J connectivity index is 2.50. The van der Waals surface area contributed by atoms with Crippen LogP contribution in [0.4, 0.5) is 13.2 Å². The second-order valence-corrected chi connectivity index (χ2v) is 3.85. The number of H-pyrrole nitrogens is 1. The fraction of sp³-hybridized carbons (Fsp3) is 0.167. The van der Waals surface area contributed by atoms with Crippen LogP contribution in [0.15, 0.2) is 6.20 Å². The van der Waals surface area contributed by atoms with Crippen LogP contribution in [0.3, 0.4) is 0 Å². The predicted molar refractivity (Wildman–Crippen MR) is 47.5 cm³/mol. The number of hydrogen-bond acceptors (Lipinski definition) is 4. The molecule has 9 heteroatoms. The minimum absolute atomic E-state index is 0.0777. The first-order valence-electron chi connectivity index (χ1n) is 3.59. The Hall–Kier alpha value is -1.15. The van der Waals surface area contributed by atoms with Gasteiger partial charge in [0, 0.05) is 6.20 Å². The molecule has 0 radical (unpaired) electrons. The van der Waals surface area contributed by atoms with Crippen molar-refractivity contribution in [3.05, 3.63) is 16.4 Å². The monoisotopic (exact) mass is 254 g/mol. The van der Waals surface area contributed by atoms with E-state index in [1.165, 1.54) is 0 Å². The third-order valence-corrected chi connectivity index (χ3v) is 2.35. The second-order valence-electron chi connectivity index (χ2n) is 2.52. The van der Waals surface area contributed by atoms with Gasteiger partial charge in [-0.2, -0.15) is 22.6 Å². The zero-order chi connectivity index (χ0) is 11.1. The SMILES string of the molecule is FC(F)(F)c1n[nH]cc1-c1nsc(Cl)n1. The number of halogens is 4. The van der Waals surface area contributed by atoms with Gasteiger partial charge < -0.3 is 0 Å². The lowest BCUT2D eigenvalue weighted by atomic mass is 10.2. The molecule has 0 aliphatic heterocycles. The molecule has 2 heterocycles. The van der Waals surface area contributed by atoms with Gasteiger partial charge in [0.15, 0.2) is 11.5 Å². The highest BCUT2D eigenvalue weighted by Gasteiger charge is 2.37. The predicted octanol–water partition coefficient (Wildman–Crippen LogP) is 2.60. The molecular formula is C6H2ClF3N4S. The molecule has 0 saturated heterocycles. The molecule has 0 saturated carbocycles. The van der Waals surface area contributed by atoms with Crippen molar-refractivity contribution < 1.29 is 13.2 Å². The summed E-state index contributed by atoms with van der Waals surface area (Å²) in [5.41, 5.74) is -1.25. The van der Waals surface area contributed by atoms with Crippen LogP contribution in [0.1, 0.15) is 5.69 Å². The molecule has 0 fully saturated rings. The first-order valence-corrected chi connectivity index (χ1v) is 4.74. The van der Waals surface area contributed by atoms with E-state index in [4.69, 9.17) is 11.6 Å². The molecule has 0 amide bonds. The Morgan fingerprint density at radius 3 is 2.67 bits per heavy atom. The average molecular weight is 255 g/mol. The van der Waals surface area contributed by atoms with E-state index < -0.39 is 11.9 Å². The highest BCUT2D eigenvalue weighted by molar-refractivity contribution is 7.10. The number of hydrogen-bond donors (Lipinski definition) is 1. The zero-order valence-electron chi connectivity index (χ0n) is 6.84. The highest BCUT2D eigenvalue weighted by Crippen LogP contribution is 2.34. The van der Waals surface area contributed by atoms with Crippen molar-refractivity contribution in [2.24, 2.45) is 0 Å². The third-order valence-electron chi connectivity index (χ3n) is 1.55. The van der Waals surface area contributed by atoms with E-state index in [1.807, 2.05) is 0 Å². The molecule has 1 N–H and O–H groups in total. The summed E-state index contributed by atoms with van der Waals surface area (Å²) in [4.78, 5) is 3.64. The fourth-order valence-electron chi connectivity index (χ4n) is 0.991. The van der Waals surface area contributed by atoms with Crippen LogP contribution in [0.25, 0.3) is 11.4 Å². The molecule has 0 unspecified atom stereocenters. The smallest absolute Gasteiger partial charge is 0.284 e. The maximum atomic E-state index is 12.4. The topological polar surface area (TPSA) is 54.5 Å². The van der Waals surface area contributed by atoms with Crippen LogP contribution in [-0.2, 0) is 6.18 Å². The first-order chi connectivity index (χ1) is 6.98. The normalized spacial score (nSPS) is 12.0. The van der Waals surface area contributed by atoms with E-state index in [0.29, 0.717) is 0 Å². The molecule has 0 aromatic carbocycles. The van der Waals surface area contributed by atoms with Crippen LogP contribution >= 0.6 is 23.1 Å². The summed E-state index contributed by atoms with van der Waals surface area (Å²) in [6.07, 6.45) is -3.45. The fourth-order valence-corrected chi connectivity index (χ4v) is 1.60. The van der Waals surface area contributed by atoms with Crippen LogP contribution in [0.2, 0.25) is 4.47 Å². The maximum absolute atomic E-state index is 12.4. The van der Waals surface area contributed by atoms with Gasteiger partial charge in [0.1, 0.15) is 0 Å². The van der Waals surface area contributed by atoms with Gasteiger partial charge in [-0.3, -0.25) is 5.10 Å². The summed E-state index contributed by atoms with van der Waals surface area (Å²) in [7, 11) is 0. The zero-order valence-corrected chi connectivity index (χ0v) is 8.41. The Kier molecular flexibility index (Phi) is 2.39. The van der Waals surface area contributed by atoms with Crippen molar-refractivity contribution in [3.8, 4) is 11.4 Å². The van der Waals surface area contributed by atoms with Crippen LogP contribution < -0.4 is 0 Å². The molecule has 2 aromatic heterocycles. The van der Waals surface area contributed by atoms with E-state index in [-0.39, 0.29) is 15.9 Å². The van der Waals surface area contributed by atoms with Crippen molar-refractivity contribution in [1.29, 1.82) is 0 Å². The van der Waals surface area contributed by atoms with Crippen molar-refractivity contribution in [2.75, 3.05) is 0 Å².